The molecule has 0 atom stereocenters. The highest BCUT2D eigenvalue weighted by atomic mass is 35.5. The Morgan fingerprint density at radius 3 is 2.83 bits per heavy atom. The molecule has 0 spiro atoms. The Kier molecular flexibility index (Phi) is 3.32. The molecule has 1 aliphatic heterocycles. The maximum Gasteiger partial charge on any atom is 0.277 e. The number of nitrogens with one attached hydrogen (secondary N) is 1. The lowest BCUT2D eigenvalue weighted by Gasteiger charge is -2.22. The molecule has 5 nitrogen and oxygen atoms in total. The molecular formula is C18H14ClN3O2. The molecule has 2 aromatic carbocycles. The molecule has 0 radical (unpaired) electrons. The second-order valence-corrected chi connectivity index (χ2v) is 6.22. The molecule has 120 valence electrons. The summed E-state index contributed by atoms with van der Waals surface area (Å²) in [5.74, 6) is -0.210. The third-order valence-corrected chi connectivity index (χ3v) is 4.45. The van der Waals surface area contributed by atoms with Gasteiger partial charge in [-0.05, 0) is 36.2 Å². The van der Waals surface area contributed by atoms with Crippen LogP contribution in [-0.4, -0.2) is 14.9 Å². The monoisotopic (exact) mass is 339 g/mol. The van der Waals surface area contributed by atoms with Gasteiger partial charge in [0.15, 0.2) is 0 Å². The molecule has 4 rings (SSSR count). The number of halogens is 1. The van der Waals surface area contributed by atoms with Gasteiger partial charge in [-0.15, -0.1) is 5.10 Å². The molecule has 0 amide bonds. The maximum absolute atomic E-state index is 12.9. The first-order valence-corrected chi connectivity index (χ1v) is 7.89. The van der Waals surface area contributed by atoms with E-state index in [1.807, 2.05) is 31.2 Å². The van der Waals surface area contributed by atoms with Crippen molar-refractivity contribution in [2.75, 3.05) is 5.32 Å². The van der Waals surface area contributed by atoms with Gasteiger partial charge in [-0.25, -0.2) is 0 Å². The van der Waals surface area contributed by atoms with Crippen LogP contribution >= 0.6 is 11.6 Å². The van der Waals surface area contributed by atoms with Crippen LogP contribution in [0.4, 0.5) is 11.4 Å². The summed E-state index contributed by atoms with van der Waals surface area (Å²) < 4.78 is 1.26. The van der Waals surface area contributed by atoms with Gasteiger partial charge in [0.25, 0.3) is 11.4 Å². The molecule has 3 aromatic rings. The summed E-state index contributed by atoms with van der Waals surface area (Å²) in [5.41, 5.74) is 3.88. The van der Waals surface area contributed by atoms with E-state index in [-0.39, 0.29) is 11.4 Å². The lowest BCUT2D eigenvalue weighted by Crippen LogP contribution is -2.28. The Labute approximate surface area is 143 Å². The van der Waals surface area contributed by atoms with Gasteiger partial charge in [-0.1, -0.05) is 35.9 Å². The van der Waals surface area contributed by atoms with Gasteiger partial charge in [0, 0.05) is 17.1 Å². The van der Waals surface area contributed by atoms with Crippen LogP contribution in [0.25, 0.3) is 5.69 Å². The lowest BCUT2D eigenvalue weighted by atomic mass is 9.99. The van der Waals surface area contributed by atoms with Crippen LogP contribution in [0.5, 0.6) is 5.88 Å². The van der Waals surface area contributed by atoms with E-state index in [2.05, 4.69) is 10.4 Å². The zero-order chi connectivity index (χ0) is 16.8. The molecule has 0 bridgehead atoms. The number of aromatic hydroxyl groups is 1. The van der Waals surface area contributed by atoms with Crippen molar-refractivity contribution >= 4 is 23.0 Å². The van der Waals surface area contributed by atoms with Crippen LogP contribution in [0, 0.1) is 6.92 Å². The van der Waals surface area contributed by atoms with E-state index in [9.17, 15) is 9.90 Å². The zero-order valence-electron chi connectivity index (χ0n) is 12.9. The van der Waals surface area contributed by atoms with Gasteiger partial charge in [-0.3, -0.25) is 4.79 Å². The smallest absolute Gasteiger partial charge is 0.277 e. The van der Waals surface area contributed by atoms with Gasteiger partial charge in [0.1, 0.15) is 5.69 Å². The quantitative estimate of drug-likeness (QED) is 0.556. The fourth-order valence-electron chi connectivity index (χ4n) is 2.96. The highest BCUT2D eigenvalue weighted by Gasteiger charge is 2.24. The third kappa shape index (κ3) is 2.25. The van der Waals surface area contributed by atoms with E-state index in [1.165, 1.54) is 4.68 Å². The van der Waals surface area contributed by atoms with Crippen LogP contribution in [0.3, 0.4) is 0 Å². The molecule has 0 aliphatic carbocycles. The van der Waals surface area contributed by atoms with E-state index >= 15 is 0 Å². The second-order valence-electron chi connectivity index (χ2n) is 5.78. The second kappa shape index (κ2) is 5.39. The molecule has 0 unspecified atom stereocenters. The SMILES string of the molecule is Cc1ccccc1-n1nc(O)c2c(c1=O)Cc1ccc(Cl)cc1N2. The van der Waals surface area contributed by atoms with Gasteiger partial charge in [-0.2, -0.15) is 4.68 Å². The van der Waals surface area contributed by atoms with E-state index in [0.29, 0.717) is 28.4 Å². The summed E-state index contributed by atoms with van der Waals surface area (Å²) in [6, 6.07) is 12.9. The van der Waals surface area contributed by atoms with Gasteiger partial charge < -0.3 is 10.4 Å². The van der Waals surface area contributed by atoms with Crippen molar-refractivity contribution in [3.8, 4) is 11.6 Å². The molecule has 0 saturated carbocycles. The van der Waals surface area contributed by atoms with Crippen LogP contribution in [0.1, 0.15) is 16.7 Å². The normalized spacial score (nSPS) is 12.2. The van der Waals surface area contributed by atoms with Gasteiger partial charge in [0.05, 0.1) is 11.3 Å². The Morgan fingerprint density at radius 1 is 1.25 bits per heavy atom. The average molecular weight is 340 g/mol. The van der Waals surface area contributed by atoms with Crippen LogP contribution < -0.4 is 10.9 Å². The highest BCUT2D eigenvalue weighted by Crippen LogP contribution is 2.36. The minimum Gasteiger partial charge on any atom is -0.491 e. The van der Waals surface area contributed by atoms with Gasteiger partial charge in [0.2, 0.25) is 0 Å². The highest BCUT2D eigenvalue weighted by molar-refractivity contribution is 6.30. The predicted octanol–water partition coefficient (Wildman–Crippen LogP) is 3.55. The number of hydrogen-bond donors (Lipinski definition) is 2. The van der Waals surface area contributed by atoms with Gasteiger partial charge >= 0.3 is 0 Å². The van der Waals surface area contributed by atoms with Crippen LogP contribution in [-0.2, 0) is 6.42 Å². The molecule has 6 heteroatoms. The average Bonchev–Trinajstić information content (AvgIpc) is 2.57. The van der Waals surface area contributed by atoms with Crippen LogP contribution in [0.15, 0.2) is 47.3 Å². The summed E-state index contributed by atoms with van der Waals surface area (Å²) in [7, 11) is 0. The van der Waals surface area contributed by atoms with Crippen molar-refractivity contribution in [2.45, 2.75) is 13.3 Å². The number of fused-ring (bicyclic) bond motifs is 2. The van der Waals surface area contributed by atoms with Crippen molar-refractivity contribution in [1.29, 1.82) is 0 Å². The summed E-state index contributed by atoms with van der Waals surface area (Å²) in [5, 5.41) is 18.1. The van der Waals surface area contributed by atoms with Crippen molar-refractivity contribution < 1.29 is 5.11 Å². The van der Waals surface area contributed by atoms with Crippen molar-refractivity contribution in [3.63, 3.8) is 0 Å². The van der Waals surface area contributed by atoms with Crippen molar-refractivity contribution in [2.24, 2.45) is 0 Å². The third-order valence-electron chi connectivity index (χ3n) is 4.21. The Hall–Kier alpha value is -2.79. The molecule has 2 heterocycles. The van der Waals surface area contributed by atoms with E-state index in [4.69, 9.17) is 11.6 Å². The summed E-state index contributed by atoms with van der Waals surface area (Å²) in [4.78, 5) is 12.9. The van der Waals surface area contributed by atoms with Crippen LogP contribution in [0.2, 0.25) is 5.02 Å². The molecular weight excluding hydrogens is 326 g/mol. The molecule has 2 N–H and O–H groups in total. The number of aromatic nitrogens is 2. The molecule has 1 aliphatic rings. The molecule has 0 fully saturated rings. The number of para-hydroxylation sites is 1. The first kappa shape index (κ1) is 14.8. The van der Waals surface area contributed by atoms with Crippen molar-refractivity contribution in [1.82, 2.24) is 9.78 Å². The topological polar surface area (TPSA) is 67.1 Å². The summed E-state index contributed by atoms with van der Waals surface area (Å²) in [6.45, 7) is 1.90. The first-order chi connectivity index (χ1) is 11.5. The fraction of sp³-hybridized carbons (Fsp3) is 0.111. The molecule has 24 heavy (non-hydrogen) atoms. The summed E-state index contributed by atoms with van der Waals surface area (Å²) in [6.07, 6.45) is 0.412. The number of anilines is 2. The Bertz CT molecular complexity index is 1030. The number of aryl methyl sites for hydroxylation is 1. The summed E-state index contributed by atoms with van der Waals surface area (Å²) >= 11 is 6.01. The van der Waals surface area contributed by atoms with E-state index in [0.717, 1.165) is 16.8 Å². The standard InChI is InChI=1S/C18H14ClN3O2/c1-10-4-2-3-5-15(10)22-18(24)13-8-11-6-7-12(19)9-14(11)20-16(13)17(23)21-22/h2-7,9,20H,8H2,1H3,(H,21,23). The first-order valence-electron chi connectivity index (χ1n) is 7.51. The largest absolute Gasteiger partial charge is 0.491 e. The van der Waals surface area contributed by atoms with Crippen molar-refractivity contribution in [3.05, 3.63) is 74.5 Å². The lowest BCUT2D eigenvalue weighted by molar-refractivity contribution is 0.437. The Morgan fingerprint density at radius 2 is 2.04 bits per heavy atom. The Balaban J connectivity index is 1.92. The predicted molar refractivity (Wildman–Crippen MR) is 93.8 cm³/mol. The fourth-order valence-corrected chi connectivity index (χ4v) is 3.14. The van der Waals surface area contributed by atoms with E-state index in [1.54, 1.807) is 18.2 Å². The minimum absolute atomic E-state index is 0.210. The minimum atomic E-state index is -0.245. The number of hydrogen-bond acceptors (Lipinski definition) is 4. The zero-order valence-corrected chi connectivity index (χ0v) is 13.6. The number of nitrogens with zero attached hydrogens (tertiary/aromatic N) is 2. The molecule has 0 saturated heterocycles. The van der Waals surface area contributed by atoms with E-state index < -0.39 is 0 Å². The number of rotatable bonds is 1. The maximum atomic E-state index is 12.9. The molecule has 1 aromatic heterocycles. The number of benzene rings is 2.